The lowest BCUT2D eigenvalue weighted by molar-refractivity contribution is 0.0658. The monoisotopic (exact) mass is 386 g/mol. The molecule has 0 spiro atoms. The number of aryl methyl sites for hydroxylation is 1. The van der Waals surface area contributed by atoms with Crippen molar-refractivity contribution in [3.8, 4) is 0 Å². The highest BCUT2D eigenvalue weighted by molar-refractivity contribution is 7.17. The molecule has 0 N–H and O–H groups in total. The van der Waals surface area contributed by atoms with E-state index in [4.69, 9.17) is 14.5 Å². The second-order valence-corrected chi connectivity index (χ2v) is 7.29. The van der Waals surface area contributed by atoms with Gasteiger partial charge in [0.15, 0.2) is 5.82 Å². The first kappa shape index (κ1) is 19.7. The highest BCUT2D eigenvalue weighted by Gasteiger charge is 2.17. The number of rotatable bonds is 9. The second-order valence-electron chi connectivity index (χ2n) is 6.41. The molecule has 0 bridgehead atoms. The fourth-order valence-electron chi connectivity index (χ4n) is 2.82. The van der Waals surface area contributed by atoms with Gasteiger partial charge in [-0.15, -0.1) is 11.3 Å². The van der Waals surface area contributed by atoms with Crippen molar-refractivity contribution in [1.29, 1.82) is 0 Å². The van der Waals surface area contributed by atoms with Crippen molar-refractivity contribution in [2.24, 2.45) is 4.99 Å². The van der Waals surface area contributed by atoms with E-state index in [1.54, 1.807) is 18.4 Å². The Balaban J connectivity index is 1.80. The number of methoxy groups -OCH3 is 1. The average Bonchev–Trinajstić information content (AvgIpc) is 3.12. The van der Waals surface area contributed by atoms with Gasteiger partial charge in [-0.1, -0.05) is 12.7 Å². The van der Waals surface area contributed by atoms with Crippen LogP contribution in [0.1, 0.15) is 29.9 Å². The van der Waals surface area contributed by atoms with E-state index in [0.717, 1.165) is 52.3 Å². The molecule has 0 atom stereocenters. The normalized spacial score (nSPS) is 13.8. The maximum atomic E-state index is 5.56. The molecule has 1 aliphatic rings. The fraction of sp³-hybridized carbons (Fsp3) is 0.450. The average molecular weight is 387 g/mol. The van der Waals surface area contributed by atoms with Gasteiger partial charge >= 0.3 is 0 Å². The van der Waals surface area contributed by atoms with Gasteiger partial charge in [0, 0.05) is 43.6 Å². The topological polar surface area (TPSA) is 59.8 Å². The number of hydrogen-bond donors (Lipinski definition) is 0. The number of hydrogen-bond acceptors (Lipinski definition) is 7. The van der Waals surface area contributed by atoms with Gasteiger partial charge in [0.2, 0.25) is 0 Å². The van der Waals surface area contributed by atoms with E-state index in [9.17, 15) is 0 Å². The molecular weight excluding hydrogens is 360 g/mol. The molecule has 3 rings (SSSR count). The minimum atomic E-state index is 0.601. The van der Waals surface area contributed by atoms with Crippen molar-refractivity contribution in [1.82, 2.24) is 14.9 Å². The minimum absolute atomic E-state index is 0.601. The van der Waals surface area contributed by atoms with Crippen LogP contribution in [0.5, 0.6) is 0 Å². The number of nitrogens with zero attached hydrogens (tertiary/aromatic N) is 4. The molecule has 27 heavy (non-hydrogen) atoms. The number of aliphatic imine (C=N–C) groups is 1. The summed E-state index contributed by atoms with van der Waals surface area (Å²) in [7, 11) is 3.69. The van der Waals surface area contributed by atoms with E-state index in [1.807, 2.05) is 20.2 Å². The zero-order chi connectivity index (χ0) is 19.2. The third-order valence-corrected chi connectivity index (χ3v) is 5.53. The third kappa shape index (κ3) is 4.61. The van der Waals surface area contributed by atoms with Crippen LogP contribution in [0, 0.1) is 6.92 Å². The molecule has 0 saturated heterocycles. The predicted octanol–water partition coefficient (Wildman–Crippen LogP) is 3.77. The van der Waals surface area contributed by atoms with E-state index in [2.05, 4.69) is 32.9 Å². The Morgan fingerprint density at radius 1 is 1.26 bits per heavy atom. The van der Waals surface area contributed by atoms with Crippen LogP contribution in [0.4, 0.5) is 0 Å². The van der Waals surface area contributed by atoms with Crippen molar-refractivity contribution in [3.05, 3.63) is 35.1 Å². The first-order chi connectivity index (χ1) is 13.1. The lowest BCUT2D eigenvalue weighted by Crippen LogP contribution is -2.22. The molecule has 0 radical (unpaired) electrons. The first-order valence-corrected chi connectivity index (χ1v) is 9.95. The van der Waals surface area contributed by atoms with E-state index < -0.39 is 0 Å². The maximum absolute atomic E-state index is 5.56. The Hall–Kier alpha value is -2.09. The van der Waals surface area contributed by atoms with Crippen molar-refractivity contribution >= 4 is 39.2 Å². The Morgan fingerprint density at radius 3 is 2.85 bits per heavy atom. The molecule has 6 nitrogen and oxygen atoms in total. The van der Waals surface area contributed by atoms with E-state index in [-0.39, 0.29) is 0 Å². The summed E-state index contributed by atoms with van der Waals surface area (Å²) in [5.41, 5.74) is 4.75. The number of thiophene rings is 1. The van der Waals surface area contributed by atoms with Crippen molar-refractivity contribution in [3.63, 3.8) is 0 Å². The van der Waals surface area contributed by atoms with Gasteiger partial charge in [-0.25, -0.2) is 9.97 Å². The van der Waals surface area contributed by atoms with Crippen LogP contribution in [-0.2, 0) is 9.47 Å². The molecule has 0 saturated carbocycles. The van der Waals surface area contributed by atoms with Crippen molar-refractivity contribution in [2.75, 3.05) is 40.5 Å². The highest BCUT2D eigenvalue weighted by Crippen LogP contribution is 2.33. The van der Waals surface area contributed by atoms with E-state index in [1.165, 1.54) is 0 Å². The summed E-state index contributed by atoms with van der Waals surface area (Å²) in [4.78, 5) is 16.1. The van der Waals surface area contributed by atoms with Gasteiger partial charge in [0.25, 0.3) is 0 Å². The summed E-state index contributed by atoms with van der Waals surface area (Å²) in [6.45, 7) is 8.90. The SMILES string of the molecule is C=C(c1csc2c(C)nc(C3=CCCC=N3)nc12)N(C)CCOCCOC. The first-order valence-electron chi connectivity index (χ1n) is 9.07. The number of ether oxygens (including phenoxy) is 2. The molecular formula is C20H26N4O2S. The largest absolute Gasteiger partial charge is 0.382 e. The molecule has 0 aliphatic carbocycles. The van der Waals surface area contributed by atoms with Gasteiger partial charge in [-0.2, -0.15) is 0 Å². The molecule has 144 valence electrons. The van der Waals surface area contributed by atoms with Gasteiger partial charge < -0.3 is 14.4 Å². The van der Waals surface area contributed by atoms with Crippen LogP contribution in [0.3, 0.4) is 0 Å². The smallest absolute Gasteiger partial charge is 0.178 e. The molecule has 2 aromatic heterocycles. The van der Waals surface area contributed by atoms with Crippen LogP contribution in [-0.4, -0.2) is 61.6 Å². The summed E-state index contributed by atoms with van der Waals surface area (Å²) in [6, 6.07) is 0. The molecule has 7 heteroatoms. The molecule has 1 aliphatic heterocycles. The van der Waals surface area contributed by atoms with Gasteiger partial charge in [0.05, 0.1) is 35.7 Å². The zero-order valence-electron chi connectivity index (χ0n) is 16.2. The third-order valence-electron chi connectivity index (χ3n) is 4.45. The van der Waals surface area contributed by atoms with Gasteiger partial charge in [0.1, 0.15) is 5.70 Å². The molecule has 3 heterocycles. The second kappa shape index (κ2) is 9.21. The zero-order valence-corrected chi connectivity index (χ0v) is 17.0. The Bertz CT molecular complexity index is 872. The lowest BCUT2D eigenvalue weighted by Gasteiger charge is -2.21. The Labute approximate surface area is 164 Å². The van der Waals surface area contributed by atoms with Crippen LogP contribution < -0.4 is 0 Å². The van der Waals surface area contributed by atoms with Crippen LogP contribution in [0.2, 0.25) is 0 Å². The highest BCUT2D eigenvalue weighted by atomic mass is 32.1. The summed E-state index contributed by atoms with van der Waals surface area (Å²) >= 11 is 1.66. The predicted molar refractivity (Wildman–Crippen MR) is 112 cm³/mol. The number of allylic oxidation sites excluding steroid dienone is 1. The van der Waals surface area contributed by atoms with E-state index in [0.29, 0.717) is 25.6 Å². The molecule has 2 aromatic rings. The van der Waals surface area contributed by atoms with Crippen LogP contribution in [0.15, 0.2) is 23.0 Å². The maximum Gasteiger partial charge on any atom is 0.178 e. The Kier molecular flexibility index (Phi) is 6.71. The summed E-state index contributed by atoms with van der Waals surface area (Å²) in [5, 5.41) is 2.11. The number of fused-ring (bicyclic) bond motifs is 1. The molecule has 0 aromatic carbocycles. The summed E-state index contributed by atoms with van der Waals surface area (Å²) < 4.78 is 11.7. The van der Waals surface area contributed by atoms with Crippen molar-refractivity contribution in [2.45, 2.75) is 19.8 Å². The lowest BCUT2D eigenvalue weighted by atomic mass is 10.2. The van der Waals surface area contributed by atoms with Gasteiger partial charge in [-0.3, -0.25) is 4.99 Å². The quantitative estimate of drug-likeness (QED) is 0.614. The number of likely N-dealkylation sites (N-methyl/N-ethyl adjacent to an activating group) is 1. The molecule has 0 amide bonds. The minimum Gasteiger partial charge on any atom is -0.382 e. The van der Waals surface area contributed by atoms with Crippen molar-refractivity contribution < 1.29 is 9.47 Å². The van der Waals surface area contributed by atoms with Gasteiger partial charge in [-0.05, 0) is 19.8 Å². The van der Waals surface area contributed by atoms with Crippen LogP contribution in [0.25, 0.3) is 21.6 Å². The summed E-state index contributed by atoms with van der Waals surface area (Å²) in [5.74, 6) is 0.689. The standard InChI is InChI=1S/C20H26N4O2S/c1-14-19-18(23-20(22-14)17-7-5-6-8-21-17)16(13-27-19)15(2)24(3)9-10-26-12-11-25-4/h7-8,13H,2,5-6,9-12H2,1,3-4H3. The molecule has 0 unspecified atom stereocenters. The Morgan fingerprint density at radius 2 is 2.11 bits per heavy atom. The fourth-order valence-corrected chi connectivity index (χ4v) is 3.79. The molecule has 0 fully saturated rings. The van der Waals surface area contributed by atoms with E-state index >= 15 is 0 Å². The van der Waals surface area contributed by atoms with Crippen LogP contribution >= 0.6 is 11.3 Å². The summed E-state index contributed by atoms with van der Waals surface area (Å²) in [6.07, 6.45) is 5.99. The number of aromatic nitrogens is 2.